The zero-order valence-electron chi connectivity index (χ0n) is 15.5. The lowest BCUT2D eigenvalue weighted by atomic mass is 10.2. The van der Waals surface area contributed by atoms with E-state index in [4.69, 9.17) is 11.6 Å². The molecule has 2 aromatic carbocycles. The topological polar surface area (TPSA) is 78.5 Å². The van der Waals surface area contributed by atoms with Crippen molar-refractivity contribution in [1.82, 2.24) is 4.90 Å². The number of hydrogen-bond acceptors (Lipinski definition) is 4. The van der Waals surface area contributed by atoms with Crippen molar-refractivity contribution in [2.75, 3.05) is 24.2 Å². The molecule has 1 heterocycles. The normalized spacial score (nSPS) is 15.4. The Hall–Kier alpha value is -2.51. The van der Waals surface area contributed by atoms with Crippen LogP contribution in [0.3, 0.4) is 0 Å². The number of carbonyl (C=O) groups is 3. The highest BCUT2D eigenvalue weighted by molar-refractivity contribution is 8.01. The number of rotatable bonds is 5. The molecule has 3 amide bonds. The van der Waals surface area contributed by atoms with E-state index in [2.05, 4.69) is 10.6 Å². The van der Waals surface area contributed by atoms with Gasteiger partial charge in [-0.3, -0.25) is 14.4 Å². The van der Waals surface area contributed by atoms with E-state index < -0.39 is 5.25 Å². The summed E-state index contributed by atoms with van der Waals surface area (Å²) in [4.78, 5) is 39.1. The lowest BCUT2D eigenvalue weighted by molar-refractivity contribution is -0.134. The molecule has 0 radical (unpaired) electrons. The highest BCUT2D eigenvalue weighted by atomic mass is 35.5. The van der Waals surface area contributed by atoms with Crippen molar-refractivity contribution in [3.8, 4) is 0 Å². The number of benzene rings is 2. The zero-order valence-corrected chi connectivity index (χ0v) is 17.1. The van der Waals surface area contributed by atoms with Crippen LogP contribution in [0.1, 0.15) is 12.0 Å². The Morgan fingerprint density at radius 1 is 1.21 bits per heavy atom. The Kier molecular flexibility index (Phi) is 6.26. The Labute approximate surface area is 172 Å². The molecule has 6 nitrogen and oxygen atoms in total. The fourth-order valence-corrected chi connectivity index (χ4v) is 3.97. The molecule has 3 rings (SSSR count). The fraction of sp³-hybridized carbons (Fsp3) is 0.250. The molecule has 0 aliphatic carbocycles. The van der Waals surface area contributed by atoms with Gasteiger partial charge in [0.05, 0.1) is 17.5 Å². The van der Waals surface area contributed by atoms with Crippen LogP contribution in [0.5, 0.6) is 0 Å². The predicted molar refractivity (Wildman–Crippen MR) is 112 cm³/mol. The first-order valence-corrected chi connectivity index (χ1v) is 9.95. The third-order valence-electron chi connectivity index (χ3n) is 4.26. The maximum Gasteiger partial charge on any atom is 0.243 e. The molecule has 1 aliphatic rings. The number of amides is 3. The average Bonchev–Trinajstić information content (AvgIpc) is 2.64. The monoisotopic (exact) mass is 417 g/mol. The minimum absolute atomic E-state index is 0.00682. The molecular formula is C20H20ClN3O3S. The van der Waals surface area contributed by atoms with Crippen LogP contribution < -0.4 is 10.6 Å². The molecule has 0 fully saturated rings. The number of likely N-dealkylation sites (N-methyl/N-ethyl adjacent to an activating group) is 1. The molecule has 0 bridgehead atoms. The number of nitrogens with zero attached hydrogens (tertiary/aromatic N) is 1. The molecule has 0 aromatic heterocycles. The van der Waals surface area contributed by atoms with Gasteiger partial charge in [0.25, 0.3) is 0 Å². The van der Waals surface area contributed by atoms with Crippen LogP contribution >= 0.6 is 23.4 Å². The van der Waals surface area contributed by atoms with Gasteiger partial charge >= 0.3 is 0 Å². The van der Waals surface area contributed by atoms with E-state index >= 15 is 0 Å². The summed E-state index contributed by atoms with van der Waals surface area (Å²) in [6, 6.07) is 12.6. The molecule has 28 heavy (non-hydrogen) atoms. The summed E-state index contributed by atoms with van der Waals surface area (Å²) >= 11 is 7.27. The van der Waals surface area contributed by atoms with Crippen LogP contribution in [-0.4, -0.2) is 41.5 Å². The lowest BCUT2D eigenvalue weighted by Gasteiger charge is -2.25. The van der Waals surface area contributed by atoms with E-state index in [-0.39, 0.29) is 30.7 Å². The molecule has 0 unspecified atom stereocenters. The Bertz CT molecular complexity index is 917. The van der Waals surface area contributed by atoms with Crippen LogP contribution in [-0.2, 0) is 14.4 Å². The van der Waals surface area contributed by atoms with E-state index in [0.717, 1.165) is 10.5 Å². The predicted octanol–water partition coefficient (Wildman–Crippen LogP) is 3.55. The second-order valence-corrected chi connectivity index (χ2v) is 8.29. The molecule has 146 valence electrons. The number of anilines is 2. The second kappa shape index (κ2) is 8.67. The Morgan fingerprint density at radius 3 is 2.64 bits per heavy atom. The van der Waals surface area contributed by atoms with Gasteiger partial charge in [0.15, 0.2) is 0 Å². The largest absolute Gasteiger partial charge is 0.336 e. The third kappa shape index (κ3) is 5.05. The van der Waals surface area contributed by atoms with Crippen LogP contribution in [0.4, 0.5) is 11.4 Å². The van der Waals surface area contributed by atoms with E-state index in [1.54, 1.807) is 19.2 Å². The zero-order chi connectivity index (χ0) is 20.3. The lowest BCUT2D eigenvalue weighted by Crippen LogP contribution is -2.39. The van der Waals surface area contributed by atoms with Crippen LogP contribution in [0.2, 0.25) is 5.02 Å². The van der Waals surface area contributed by atoms with Gasteiger partial charge in [-0.05, 0) is 37.3 Å². The first-order valence-electron chi connectivity index (χ1n) is 8.69. The highest BCUT2D eigenvalue weighted by Crippen LogP contribution is 2.38. The number of carbonyl (C=O) groups excluding carboxylic acids is 3. The van der Waals surface area contributed by atoms with Gasteiger partial charge in [-0.25, -0.2) is 0 Å². The summed E-state index contributed by atoms with van der Waals surface area (Å²) in [5.74, 6) is -0.810. The van der Waals surface area contributed by atoms with Gasteiger partial charge in [-0.2, -0.15) is 0 Å². The van der Waals surface area contributed by atoms with Crippen molar-refractivity contribution in [2.24, 2.45) is 0 Å². The summed E-state index contributed by atoms with van der Waals surface area (Å²) in [6.45, 7) is 1.88. The number of halogens is 1. The van der Waals surface area contributed by atoms with Gasteiger partial charge in [-0.15, -0.1) is 11.8 Å². The van der Waals surface area contributed by atoms with Gasteiger partial charge in [0.1, 0.15) is 0 Å². The molecule has 0 saturated heterocycles. The van der Waals surface area contributed by atoms with E-state index in [1.165, 1.54) is 16.7 Å². The fourth-order valence-electron chi connectivity index (χ4n) is 2.71. The number of fused-ring (bicyclic) bond motifs is 1. The second-order valence-electron chi connectivity index (χ2n) is 6.60. The summed E-state index contributed by atoms with van der Waals surface area (Å²) in [5.41, 5.74) is 2.42. The summed E-state index contributed by atoms with van der Waals surface area (Å²) in [6.07, 6.45) is 0.00682. The number of thioether (sulfide) groups is 1. The number of hydrogen-bond donors (Lipinski definition) is 2. The minimum Gasteiger partial charge on any atom is -0.336 e. The van der Waals surface area contributed by atoms with Crippen LogP contribution in [0.15, 0.2) is 47.4 Å². The number of nitrogens with one attached hydrogen (secondary N) is 2. The Morgan fingerprint density at radius 2 is 1.93 bits per heavy atom. The summed E-state index contributed by atoms with van der Waals surface area (Å²) in [5, 5.41) is 5.52. The molecular weight excluding hydrogens is 398 g/mol. The van der Waals surface area contributed by atoms with E-state index in [0.29, 0.717) is 16.4 Å². The molecule has 8 heteroatoms. The third-order valence-corrected chi connectivity index (χ3v) is 5.77. The average molecular weight is 418 g/mol. The molecule has 1 aliphatic heterocycles. The molecule has 1 atom stereocenters. The maximum absolute atomic E-state index is 12.5. The van der Waals surface area contributed by atoms with Gasteiger partial charge < -0.3 is 15.5 Å². The molecule has 2 N–H and O–H groups in total. The molecule has 0 spiro atoms. The smallest absolute Gasteiger partial charge is 0.243 e. The van der Waals surface area contributed by atoms with Crippen LogP contribution in [0, 0.1) is 6.92 Å². The minimum atomic E-state index is -0.552. The van der Waals surface area contributed by atoms with Crippen molar-refractivity contribution in [2.45, 2.75) is 23.5 Å². The first-order chi connectivity index (χ1) is 13.3. The quantitative estimate of drug-likeness (QED) is 0.779. The molecule has 0 saturated carbocycles. The maximum atomic E-state index is 12.5. The van der Waals surface area contributed by atoms with Gasteiger partial charge in [-0.1, -0.05) is 29.3 Å². The van der Waals surface area contributed by atoms with Crippen molar-refractivity contribution >= 4 is 52.5 Å². The van der Waals surface area contributed by atoms with Crippen molar-refractivity contribution in [3.63, 3.8) is 0 Å². The highest BCUT2D eigenvalue weighted by Gasteiger charge is 2.30. The summed E-state index contributed by atoms with van der Waals surface area (Å²) in [7, 11) is 1.55. The van der Waals surface area contributed by atoms with E-state index in [1.807, 2.05) is 37.3 Å². The van der Waals surface area contributed by atoms with Crippen molar-refractivity contribution in [3.05, 3.63) is 53.1 Å². The van der Waals surface area contributed by atoms with E-state index in [9.17, 15) is 14.4 Å². The summed E-state index contributed by atoms with van der Waals surface area (Å²) < 4.78 is 0. The van der Waals surface area contributed by atoms with Gasteiger partial charge in [0.2, 0.25) is 17.7 Å². The standard InChI is InChI=1S/C20H20ClN3O3S/c1-12-3-6-14(7-4-12)22-18(25)11-24(2)19(26)10-17-20(27)23-15-9-13(21)5-8-16(15)28-17/h3-9,17H,10-11H2,1-2H3,(H,22,25)(H,23,27)/t17-/m0/s1. The first kappa shape index (κ1) is 20.2. The van der Waals surface area contributed by atoms with Crippen LogP contribution in [0.25, 0.3) is 0 Å². The number of aryl methyl sites for hydroxylation is 1. The SMILES string of the molecule is Cc1ccc(NC(=O)CN(C)C(=O)C[C@@H]2Sc3ccc(Cl)cc3NC2=O)cc1. The van der Waals surface area contributed by atoms with Crippen molar-refractivity contribution in [1.29, 1.82) is 0 Å². The Balaban J connectivity index is 1.55. The van der Waals surface area contributed by atoms with Gasteiger partial charge in [0, 0.05) is 29.1 Å². The molecule has 2 aromatic rings. The van der Waals surface area contributed by atoms with Crippen molar-refractivity contribution < 1.29 is 14.4 Å².